The lowest BCUT2D eigenvalue weighted by Gasteiger charge is -2.07. The predicted octanol–water partition coefficient (Wildman–Crippen LogP) is 1.57. The fraction of sp³-hybridized carbons (Fsp3) is 0.400. The maximum Gasteiger partial charge on any atom is 0.108 e. The van der Waals surface area contributed by atoms with Crippen LogP contribution in [0.3, 0.4) is 0 Å². The fourth-order valence-electron chi connectivity index (χ4n) is 0.744. The molecule has 0 aromatic carbocycles. The maximum atomic E-state index is 8.84. The Kier molecular flexibility index (Phi) is 6.08. The molecule has 0 atom stereocenters. The highest BCUT2D eigenvalue weighted by molar-refractivity contribution is 8.07. The Morgan fingerprint density at radius 1 is 0.933 bits per heavy atom. The summed E-state index contributed by atoms with van der Waals surface area (Å²) in [4.78, 5) is 4.54. The molecule has 0 unspecified atom stereocenters. The topological polar surface area (TPSA) is 54.1 Å². The molecule has 0 spiro atoms. The minimum absolute atomic E-state index is 0.495. The molecule has 5 heteroatoms. The third-order valence-electron chi connectivity index (χ3n) is 1.19. The van der Waals surface area contributed by atoms with Crippen molar-refractivity contribution in [3.63, 3.8) is 0 Å². The Morgan fingerprint density at radius 2 is 1.27 bits per heavy atom. The highest BCUT2D eigenvalue weighted by Crippen LogP contribution is 2.24. The molecule has 0 bridgehead atoms. The molecule has 15 heavy (non-hydrogen) atoms. The quantitative estimate of drug-likeness (QED) is 0.676. The Labute approximate surface area is 95.1 Å². The van der Waals surface area contributed by atoms with Gasteiger partial charge in [-0.1, -0.05) is 11.8 Å². The van der Waals surface area contributed by atoms with Crippen molar-refractivity contribution in [1.29, 1.82) is 10.5 Å². The van der Waals surface area contributed by atoms with E-state index in [4.69, 9.17) is 10.5 Å². The molecule has 0 saturated heterocycles. The van der Waals surface area contributed by atoms with E-state index in [2.05, 4.69) is 0 Å². The second-order valence-electron chi connectivity index (χ2n) is 3.24. The first-order valence-electron chi connectivity index (χ1n) is 4.24. The van der Waals surface area contributed by atoms with Gasteiger partial charge in [0, 0.05) is 40.6 Å². The van der Waals surface area contributed by atoms with E-state index in [1.54, 1.807) is 22.2 Å². The summed E-state index contributed by atoms with van der Waals surface area (Å²) in [7, 11) is 7.33. The van der Waals surface area contributed by atoms with Crippen LogP contribution in [0.15, 0.2) is 22.2 Å². The van der Waals surface area contributed by atoms with Gasteiger partial charge in [0.05, 0.1) is 0 Å². The number of nitrogens with zero attached hydrogens (tertiary/aromatic N) is 4. The largest absolute Gasteiger partial charge is 0.382 e. The van der Waals surface area contributed by atoms with E-state index in [0.29, 0.717) is 9.81 Å². The molecule has 0 aliphatic rings. The van der Waals surface area contributed by atoms with Gasteiger partial charge in [-0.15, -0.1) is 0 Å². The van der Waals surface area contributed by atoms with Gasteiger partial charge in [-0.25, -0.2) is 0 Å². The molecule has 0 radical (unpaired) electrons. The summed E-state index contributed by atoms with van der Waals surface area (Å²) in [6, 6.07) is 4.09. The third-order valence-corrected chi connectivity index (χ3v) is 2.02. The van der Waals surface area contributed by atoms with Gasteiger partial charge < -0.3 is 9.80 Å². The molecule has 0 fully saturated rings. The molecule has 4 nitrogen and oxygen atoms in total. The van der Waals surface area contributed by atoms with Crippen molar-refractivity contribution < 1.29 is 0 Å². The van der Waals surface area contributed by atoms with E-state index in [1.165, 1.54) is 0 Å². The highest BCUT2D eigenvalue weighted by atomic mass is 32.2. The minimum Gasteiger partial charge on any atom is -0.382 e. The smallest absolute Gasteiger partial charge is 0.108 e. The van der Waals surface area contributed by atoms with Crippen molar-refractivity contribution in [2.45, 2.75) is 0 Å². The van der Waals surface area contributed by atoms with Crippen molar-refractivity contribution in [2.24, 2.45) is 0 Å². The van der Waals surface area contributed by atoms with Crippen LogP contribution in [-0.4, -0.2) is 38.0 Å². The van der Waals surface area contributed by atoms with Gasteiger partial charge in [0.25, 0.3) is 0 Å². The van der Waals surface area contributed by atoms with Crippen molar-refractivity contribution >= 4 is 11.8 Å². The predicted molar refractivity (Wildman–Crippen MR) is 62.4 cm³/mol. The summed E-state index contributed by atoms with van der Waals surface area (Å²) in [6.45, 7) is 0. The zero-order chi connectivity index (χ0) is 11.8. The number of nitriles is 2. The van der Waals surface area contributed by atoms with Gasteiger partial charge in [0.1, 0.15) is 21.9 Å². The SMILES string of the molecule is CN(C)C=C(C#N)SC(C#N)=CN(C)C. The molecular formula is C10H14N4S. The lowest BCUT2D eigenvalue weighted by Crippen LogP contribution is -2.03. The number of rotatable bonds is 4. The van der Waals surface area contributed by atoms with Crippen LogP contribution in [0, 0.1) is 22.7 Å². The summed E-state index contributed by atoms with van der Waals surface area (Å²) in [5.41, 5.74) is 0. The van der Waals surface area contributed by atoms with Crippen LogP contribution < -0.4 is 0 Å². The van der Waals surface area contributed by atoms with Gasteiger partial charge in [-0.05, 0) is 0 Å². The number of thioether (sulfide) groups is 1. The van der Waals surface area contributed by atoms with Crippen LogP contribution >= 0.6 is 11.8 Å². The van der Waals surface area contributed by atoms with Gasteiger partial charge in [0.2, 0.25) is 0 Å². The summed E-state index contributed by atoms with van der Waals surface area (Å²) >= 11 is 1.16. The van der Waals surface area contributed by atoms with Gasteiger partial charge in [-0.3, -0.25) is 0 Å². The molecule has 0 aliphatic carbocycles. The van der Waals surface area contributed by atoms with E-state index in [-0.39, 0.29) is 0 Å². The second kappa shape index (κ2) is 6.80. The second-order valence-corrected chi connectivity index (χ2v) is 4.32. The summed E-state index contributed by atoms with van der Waals surface area (Å²) in [5, 5.41) is 17.7. The molecular weight excluding hydrogens is 208 g/mol. The summed E-state index contributed by atoms with van der Waals surface area (Å²) < 4.78 is 0. The average Bonchev–Trinajstić information content (AvgIpc) is 2.14. The molecule has 0 rings (SSSR count). The first-order chi connectivity index (χ1) is 6.99. The normalized spacial score (nSPS) is 11.6. The fourth-order valence-corrected chi connectivity index (χ4v) is 1.60. The van der Waals surface area contributed by atoms with Crippen LogP contribution in [0.4, 0.5) is 0 Å². The molecule has 0 aliphatic heterocycles. The van der Waals surface area contributed by atoms with E-state index >= 15 is 0 Å². The number of hydrogen-bond acceptors (Lipinski definition) is 5. The average molecular weight is 222 g/mol. The molecule has 0 aromatic rings. The standard InChI is InChI=1S/C10H14N4S/c1-13(2)7-9(5-11)15-10(6-12)8-14(3)4/h7-8H,1-4H3. The van der Waals surface area contributed by atoms with Crippen LogP contribution in [0.5, 0.6) is 0 Å². The van der Waals surface area contributed by atoms with Crippen molar-refractivity contribution in [3.8, 4) is 12.1 Å². The zero-order valence-electron chi connectivity index (χ0n) is 9.35. The maximum absolute atomic E-state index is 8.84. The van der Waals surface area contributed by atoms with E-state index in [9.17, 15) is 0 Å². The number of hydrogen-bond donors (Lipinski definition) is 0. The van der Waals surface area contributed by atoms with E-state index in [0.717, 1.165) is 11.8 Å². The summed E-state index contributed by atoms with van der Waals surface area (Å²) in [5.74, 6) is 0. The Morgan fingerprint density at radius 3 is 1.47 bits per heavy atom. The first-order valence-corrected chi connectivity index (χ1v) is 5.05. The van der Waals surface area contributed by atoms with Crippen LogP contribution in [0.25, 0.3) is 0 Å². The molecule has 0 heterocycles. The Bertz CT molecular complexity index is 307. The van der Waals surface area contributed by atoms with Crippen LogP contribution in [0.2, 0.25) is 0 Å². The minimum atomic E-state index is 0.495. The molecule has 0 aromatic heterocycles. The van der Waals surface area contributed by atoms with Gasteiger partial charge in [-0.2, -0.15) is 10.5 Å². The number of allylic oxidation sites excluding steroid dienone is 2. The first kappa shape index (κ1) is 13.4. The van der Waals surface area contributed by atoms with E-state index < -0.39 is 0 Å². The lowest BCUT2D eigenvalue weighted by molar-refractivity contribution is 0.562. The Hall–Kier alpha value is -1.59. The van der Waals surface area contributed by atoms with Crippen molar-refractivity contribution in [1.82, 2.24) is 9.80 Å². The molecule has 0 N–H and O–H groups in total. The molecule has 0 saturated carbocycles. The Balaban J connectivity index is 4.70. The van der Waals surface area contributed by atoms with E-state index in [1.807, 2.05) is 40.3 Å². The van der Waals surface area contributed by atoms with Gasteiger partial charge >= 0.3 is 0 Å². The van der Waals surface area contributed by atoms with Crippen LogP contribution in [-0.2, 0) is 0 Å². The van der Waals surface area contributed by atoms with Crippen LogP contribution in [0.1, 0.15) is 0 Å². The lowest BCUT2D eigenvalue weighted by atomic mass is 10.6. The molecule has 80 valence electrons. The monoisotopic (exact) mass is 222 g/mol. The third kappa shape index (κ3) is 6.48. The highest BCUT2D eigenvalue weighted by Gasteiger charge is 2.03. The van der Waals surface area contributed by atoms with Crippen molar-refractivity contribution in [3.05, 3.63) is 22.2 Å². The van der Waals surface area contributed by atoms with Gasteiger partial charge in [0.15, 0.2) is 0 Å². The zero-order valence-corrected chi connectivity index (χ0v) is 10.2. The summed E-state index contributed by atoms with van der Waals surface area (Å²) in [6.07, 6.45) is 3.37. The molecule has 0 amide bonds. The van der Waals surface area contributed by atoms with Crippen molar-refractivity contribution in [2.75, 3.05) is 28.2 Å².